The van der Waals surface area contributed by atoms with Gasteiger partial charge in [-0.05, 0) is 26.8 Å². The molecule has 3 aromatic rings. The molecule has 0 saturated carbocycles. The topological polar surface area (TPSA) is 51.9 Å². The number of aromatic nitrogens is 3. The lowest BCUT2D eigenvalue weighted by Gasteiger charge is -2.39. The molecule has 2 fully saturated rings. The van der Waals surface area contributed by atoms with Gasteiger partial charge in [-0.25, -0.2) is 4.98 Å². The lowest BCUT2D eigenvalue weighted by atomic mass is 10.0. The van der Waals surface area contributed by atoms with Crippen LogP contribution in [0.15, 0.2) is 30.3 Å². The van der Waals surface area contributed by atoms with Crippen molar-refractivity contribution in [3.8, 4) is 11.3 Å². The third-order valence-electron chi connectivity index (χ3n) is 6.00. The molecule has 6 nitrogen and oxygen atoms in total. The fourth-order valence-corrected chi connectivity index (χ4v) is 4.34. The highest BCUT2D eigenvalue weighted by Gasteiger charge is 2.40. The van der Waals surface area contributed by atoms with Crippen molar-refractivity contribution >= 4 is 11.5 Å². The van der Waals surface area contributed by atoms with E-state index in [1.807, 2.05) is 4.52 Å². The van der Waals surface area contributed by atoms with Crippen molar-refractivity contribution in [2.75, 3.05) is 31.2 Å². The first-order chi connectivity index (χ1) is 13.5. The number of anilines is 1. The van der Waals surface area contributed by atoms with Gasteiger partial charge in [0.1, 0.15) is 5.82 Å². The fraction of sp³-hybridized carbons (Fsp3) is 0.455. The average molecular weight is 378 g/mol. The number of nitrogens with zero attached hydrogens (tertiary/aromatic N) is 4. The van der Waals surface area contributed by atoms with E-state index in [0.717, 1.165) is 54.3 Å². The number of benzene rings is 1. The van der Waals surface area contributed by atoms with Gasteiger partial charge in [-0.3, -0.25) is 0 Å². The highest BCUT2D eigenvalue weighted by molar-refractivity contribution is 5.67. The molecule has 2 aliphatic rings. The molecule has 0 radical (unpaired) electrons. The number of aryl methyl sites for hydroxylation is 2. The van der Waals surface area contributed by atoms with Crippen molar-refractivity contribution in [2.24, 2.45) is 0 Å². The summed E-state index contributed by atoms with van der Waals surface area (Å²) in [6, 6.07) is 10.5. The zero-order valence-electron chi connectivity index (χ0n) is 16.7. The van der Waals surface area contributed by atoms with Crippen molar-refractivity contribution in [2.45, 2.75) is 39.4 Å². The second kappa shape index (κ2) is 6.57. The van der Waals surface area contributed by atoms with Crippen LogP contribution in [-0.4, -0.2) is 46.7 Å². The van der Waals surface area contributed by atoms with Crippen molar-refractivity contribution in [1.82, 2.24) is 14.6 Å². The summed E-state index contributed by atoms with van der Waals surface area (Å²) in [6.07, 6.45) is 1.75. The molecule has 2 aliphatic heterocycles. The fourth-order valence-electron chi connectivity index (χ4n) is 4.34. The Morgan fingerprint density at radius 2 is 1.75 bits per heavy atom. The molecule has 6 heteroatoms. The molecule has 2 aromatic heterocycles. The van der Waals surface area contributed by atoms with Gasteiger partial charge in [-0.15, -0.1) is 0 Å². The predicted octanol–water partition coefficient (Wildman–Crippen LogP) is 3.66. The van der Waals surface area contributed by atoms with Gasteiger partial charge in [-0.1, -0.05) is 23.8 Å². The normalized spacial score (nSPS) is 19.0. The van der Waals surface area contributed by atoms with Gasteiger partial charge in [0.25, 0.3) is 0 Å². The van der Waals surface area contributed by atoms with Crippen LogP contribution >= 0.6 is 0 Å². The molecule has 0 unspecified atom stereocenters. The highest BCUT2D eigenvalue weighted by atomic mass is 16.7. The van der Waals surface area contributed by atoms with E-state index in [-0.39, 0.29) is 5.79 Å². The molecule has 28 heavy (non-hydrogen) atoms. The molecule has 1 spiro atoms. The molecule has 5 rings (SSSR count). The minimum atomic E-state index is -0.373. The van der Waals surface area contributed by atoms with E-state index < -0.39 is 0 Å². The van der Waals surface area contributed by atoms with E-state index in [9.17, 15) is 0 Å². The van der Waals surface area contributed by atoms with E-state index in [1.165, 1.54) is 11.1 Å². The van der Waals surface area contributed by atoms with Crippen molar-refractivity contribution in [1.29, 1.82) is 0 Å². The van der Waals surface area contributed by atoms with Gasteiger partial charge in [0, 0.05) is 48.8 Å². The van der Waals surface area contributed by atoms with Crippen LogP contribution in [0.1, 0.15) is 29.7 Å². The lowest BCUT2D eigenvalue weighted by molar-refractivity contribution is -0.169. The number of rotatable bonds is 2. The van der Waals surface area contributed by atoms with Crippen molar-refractivity contribution in [3.05, 3.63) is 47.2 Å². The smallest absolute Gasteiger partial charge is 0.171 e. The quantitative estimate of drug-likeness (QED) is 0.681. The molecule has 0 amide bonds. The van der Waals surface area contributed by atoms with Gasteiger partial charge in [0.05, 0.1) is 18.9 Å². The molecule has 0 atom stereocenters. The van der Waals surface area contributed by atoms with Gasteiger partial charge < -0.3 is 14.4 Å². The summed E-state index contributed by atoms with van der Waals surface area (Å²) in [5.41, 5.74) is 6.43. The molecule has 0 bridgehead atoms. The Morgan fingerprint density at radius 3 is 2.46 bits per heavy atom. The zero-order valence-corrected chi connectivity index (χ0v) is 16.7. The van der Waals surface area contributed by atoms with E-state index in [4.69, 9.17) is 19.6 Å². The third kappa shape index (κ3) is 2.88. The number of piperidine rings is 1. The Labute approximate surface area is 165 Å². The van der Waals surface area contributed by atoms with Gasteiger partial charge in [0.15, 0.2) is 11.4 Å². The lowest BCUT2D eigenvalue weighted by Crippen LogP contribution is -2.46. The molecule has 0 N–H and O–H groups in total. The zero-order chi connectivity index (χ0) is 19.3. The Balaban J connectivity index is 1.55. The number of ether oxygens (including phenoxy) is 2. The summed E-state index contributed by atoms with van der Waals surface area (Å²) in [5, 5.41) is 4.94. The van der Waals surface area contributed by atoms with E-state index in [2.05, 4.69) is 56.0 Å². The summed E-state index contributed by atoms with van der Waals surface area (Å²) in [5.74, 6) is 0.761. The Hall–Kier alpha value is -2.44. The second-order valence-electron chi connectivity index (χ2n) is 7.91. The summed E-state index contributed by atoms with van der Waals surface area (Å²) in [6.45, 7) is 9.50. The minimum Gasteiger partial charge on any atom is -0.356 e. The van der Waals surface area contributed by atoms with E-state index in [1.54, 1.807) is 0 Å². The summed E-state index contributed by atoms with van der Waals surface area (Å²) in [7, 11) is 0. The molecule has 0 aliphatic carbocycles. The van der Waals surface area contributed by atoms with Crippen LogP contribution in [0.3, 0.4) is 0 Å². The largest absolute Gasteiger partial charge is 0.356 e. The monoisotopic (exact) mass is 378 g/mol. The van der Waals surface area contributed by atoms with Gasteiger partial charge >= 0.3 is 0 Å². The molecule has 1 aromatic carbocycles. The Kier molecular flexibility index (Phi) is 4.14. The first-order valence-electron chi connectivity index (χ1n) is 10.0. The van der Waals surface area contributed by atoms with Crippen molar-refractivity contribution < 1.29 is 9.47 Å². The first-order valence-corrected chi connectivity index (χ1v) is 10.0. The van der Waals surface area contributed by atoms with Gasteiger partial charge in [0.2, 0.25) is 0 Å². The van der Waals surface area contributed by atoms with Crippen LogP contribution in [-0.2, 0) is 9.47 Å². The van der Waals surface area contributed by atoms with Crippen LogP contribution in [0, 0.1) is 20.8 Å². The number of hydrogen-bond acceptors (Lipinski definition) is 5. The van der Waals surface area contributed by atoms with Gasteiger partial charge in [-0.2, -0.15) is 9.61 Å². The van der Waals surface area contributed by atoms with E-state index in [0.29, 0.717) is 13.2 Å². The highest BCUT2D eigenvalue weighted by Crippen LogP contribution is 2.35. The van der Waals surface area contributed by atoms with Crippen LogP contribution in [0.2, 0.25) is 0 Å². The van der Waals surface area contributed by atoms with Crippen LogP contribution in [0.25, 0.3) is 16.9 Å². The Morgan fingerprint density at radius 1 is 1.00 bits per heavy atom. The SMILES string of the molecule is Cc1cccc(-c2cc3nc(C)c(C)c(N4CCC5(CC4)OCCO5)n3n2)c1. The van der Waals surface area contributed by atoms with Crippen LogP contribution in [0.5, 0.6) is 0 Å². The maximum absolute atomic E-state index is 5.90. The van der Waals surface area contributed by atoms with E-state index >= 15 is 0 Å². The molecular weight excluding hydrogens is 352 g/mol. The molecule has 4 heterocycles. The average Bonchev–Trinajstić information content (AvgIpc) is 3.31. The van der Waals surface area contributed by atoms with Crippen LogP contribution in [0.4, 0.5) is 5.82 Å². The molecule has 2 saturated heterocycles. The first kappa shape index (κ1) is 17.6. The summed E-state index contributed by atoms with van der Waals surface area (Å²) in [4.78, 5) is 7.20. The second-order valence-corrected chi connectivity index (χ2v) is 7.91. The summed E-state index contributed by atoms with van der Waals surface area (Å²) < 4.78 is 13.8. The predicted molar refractivity (Wildman–Crippen MR) is 109 cm³/mol. The number of fused-ring (bicyclic) bond motifs is 1. The maximum atomic E-state index is 5.90. The van der Waals surface area contributed by atoms with Crippen LogP contribution < -0.4 is 4.90 Å². The third-order valence-corrected chi connectivity index (χ3v) is 6.00. The Bertz CT molecular complexity index is 1030. The number of hydrogen-bond donors (Lipinski definition) is 0. The summed E-state index contributed by atoms with van der Waals surface area (Å²) >= 11 is 0. The molecule has 146 valence electrons. The standard InChI is InChI=1S/C22H26N4O2/c1-15-5-4-6-18(13-15)19-14-20-23-17(3)16(2)21(26(20)24-19)25-9-7-22(8-10-25)27-11-12-28-22/h4-6,13-14H,7-12H2,1-3H3. The maximum Gasteiger partial charge on any atom is 0.171 e. The van der Waals surface area contributed by atoms with Crippen molar-refractivity contribution in [3.63, 3.8) is 0 Å². The minimum absolute atomic E-state index is 0.373. The molecular formula is C22H26N4O2.